The van der Waals surface area contributed by atoms with Crippen LogP contribution in [0, 0.1) is 0 Å². The zero-order valence-corrected chi connectivity index (χ0v) is 16.0. The van der Waals surface area contributed by atoms with Crippen LogP contribution in [-0.2, 0) is 10.5 Å². The molecular formula is C21H19NO2S2. The number of carbonyl (C=O) groups excluding carboxylic acids is 1. The number of esters is 1. The summed E-state index contributed by atoms with van der Waals surface area (Å²) in [6.07, 6.45) is 1.81. The van der Waals surface area contributed by atoms with Gasteiger partial charge < -0.3 is 4.74 Å². The van der Waals surface area contributed by atoms with Crippen LogP contribution < -0.4 is 0 Å². The molecule has 1 heterocycles. The van der Waals surface area contributed by atoms with Crippen molar-refractivity contribution in [3.63, 3.8) is 0 Å². The van der Waals surface area contributed by atoms with Crippen molar-refractivity contribution in [3.8, 4) is 0 Å². The van der Waals surface area contributed by atoms with Gasteiger partial charge in [0.15, 0.2) is 0 Å². The number of benzene rings is 2. The first-order valence-corrected chi connectivity index (χ1v) is 10.1. The number of thioether (sulfide) groups is 2. The third kappa shape index (κ3) is 5.13. The summed E-state index contributed by atoms with van der Waals surface area (Å²) in [5, 5.41) is 0.982. The van der Waals surface area contributed by atoms with Gasteiger partial charge in [-0.05, 0) is 35.4 Å². The smallest absolute Gasteiger partial charge is 0.337 e. The third-order valence-electron chi connectivity index (χ3n) is 3.71. The van der Waals surface area contributed by atoms with E-state index in [2.05, 4.69) is 29.2 Å². The van der Waals surface area contributed by atoms with Crippen LogP contribution in [0.15, 0.2) is 84.0 Å². The van der Waals surface area contributed by atoms with Crippen molar-refractivity contribution in [2.24, 2.45) is 0 Å². The maximum absolute atomic E-state index is 11.7. The zero-order chi connectivity index (χ0) is 18.2. The van der Waals surface area contributed by atoms with Gasteiger partial charge in [0.1, 0.15) is 0 Å². The first-order valence-electron chi connectivity index (χ1n) is 8.18. The summed E-state index contributed by atoms with van der Waals surface area (Å²) in [6, 6.07) is 24.0. The molecule has 2 aromatic carbocycles. The van der Waals surface area contributed by atoms with Crippen molar-refractivity contribution >= 4 is 29.5 Å². The average Bonchev–Trinajstić information content (AvgIpc) is 2.72. The van der Waals surface area contributed by atoms with E-state index in [0.717, 1.165) is 16.3 Å². The highest BCUT2D eigenvalue weighted by atomic mass is 32.2. The number of nitrogens with zero attached hydrogens (tertiary/aromatic N) is 1. The van der Waals surface area contributed by atoms with Gasteiger partial charge in [-0.25, -0.2) is 9.78 Å². The fraction of sp³-hybridized carbons (Fsp3) is 0.143. The molecule has 3 rings (SSSR count). The lowest BCUT2D eigenvalue weighted by Gasteiger charge is -2.17. The molecule has 1 aromatic heterocycles. The van der Waals surface area contributed by atoms with Gasteiger partial charge in [-0.3, -0.25) is 0 Å². The van der Waals surface area contributed by atoms with Crippen molar-refractivity contribution in [1.29, 1.82) is 0 Å². The lowest BCUT2D eigenvalue weighted by Crippen LogP contribution is -2.01. The van der Waals surface area contributed by atoms with Gasteiger partial charge in [-0.2, -0.15) is 0 Å². The van der Waals surface area contributed by atoms with Gasteiger partial charge in [-0.1, -0.05) is 60.3 Å². The molecule has 0 fully saturated rings. The quantitative estimate of drug-likeness (QED) is 0.303. The number of hydrogen-bond donors (Lipinski definition) is 0. The molecule has 0 aliphatic rings. The van der Waals surface area contributed by atoms with Crippen LogP contribution in [-0.4, -0.2) is 18.1 Å². The number of carbonyl (C=O) groups is 1. The molecule has 0 bridgehead atoms. The van der Waals surface area contributed by atoms with Crippen LogP contribution in [0.4, 0.5) is 0 Å². The minimum absolute atomic E-state index is 0.178. The molecule has 3 nitrogen and oxygen atoms in total. The highest BCUT2D eigenvalue weighted by Gasteiger charge is 2.16. The molecule has 5 heteroatoms. The van der Waals surface area contributed by atoms with Crippen molar-refractivity contribution in [1.82, 2.24) is 4.98 Å². The van der Waals surface area contributed by atoms with Gasteiger partial charge in [0, 0.05) is 11.9 Å². The summed E-state index contributed by atoms with van der Waals surface area (Å²) in [4.78, 5) is 16.1. The van der Waals surface area contributed by atoms with Gasteiger partial charge in [0.05, 0.1) is 22.3 Å². The molecule has 0 amide bonds. The minimum atomic E-state index is -0.317. The molecule has 0 aliphatic heterocycles. The second-order valence-corrected chi connectivity index (χ2v) is 8.05. The van der Waals surface area contributed by atoms with E-state index in [1.165, 1.54) is 12.7 Å². The summed E-state index contributed by atoms with van der Waals surface area (Å²) in [7, 11) is 1.39. The second kappa shape index (κ2) is 9.46. The van der Waals surface area contributed by atoms with E-state index in [1.807, 2.05) is 66.5 Å². The number of methoxy groups -OCH3 is 1. The van der Waals surface area contributed by atoms with Gasteiger partial charge in [0.2, 0.25) is 0 Å². The maximum Gasteiger partial charge on any atom is 0.337 e. The largest absolute Gasteiger partial charge is 0.465 e. The highest BCUT2D eigenvalue weighted by Crippen LogP contribution is 2.44. The van der Waals surface area contributed by atoms with E-state index in [0.29, 0.717) is 5.56 Å². The Morgan fingerprint density at radius 3 is 2.38 bits per heavy atom. The average molecular weight is 382 g/mol. The Labute approximate surface area is 162 Å². The molecule has 1 unspecified atom stereocenters. The molecule has 26 heavy (non-hydrogen) atoms. The zero-order valence-electron chi connectivity index (χ0n) is 14.4. The predicted molar refractivity (Wildman–Crippen MR) is 108 cm³/mol. The molecule has 0 N–H and O–H groups in total. The van der Waals surface area contributed by atoms with Gasteiger partial charge in [-0.15, -0.1) is 11.8 Å². The summed E-state index contributed by atoms with van der Waals surface area (Å²) >= 11 is 3.57. The van der Waals surface area contributed by atoms with Crippen LogP contribution >= 0.6 is 23.5 Å². The summed E-state index contributed by atoms with van der Waals surface area (Å²) in [5.41, 5.74) is 3.00. The first kappa shape index (κ1) is 18.5. The molecule has 3 aromatic rings. The Morgan fingerprint density at radius 2 is 1.73 bits per heavy atom. The van der Waals surface area contributed by atoms with Gasteiger partial charge >= 0.3 is 5.97 Å². The SMILES string of the molecule is COC(=O)c1ccc(C(SCc2ccccc2)Sc2ccccn2)cc1. The predicted octanol–water partition coefficient (Wildman–Crippen LogP) is 5.59. The molecule has 0 saturated heterocycles. The Balaban J connectivity index is 1.78. The van der Waals surface area contributed by atoms with E-state index in [9.17, 15) is 4.79 Å². The molecule has 1 atom stereocenters. The third-order valence-corrected chi connectivity index (χ3v) is 6.45. The van der Waals surface area contributed by atoms with E-state index in [-0.39, 0.29) is 10.6 Å². The molecular weight excluding hydrogens is 362 g/mol. The van der Waals surface area contributed by atoms with E-state index in [1.54, 1.807) is 11.8 Å². The number of hydrogen-bond acceptors (Lipinski definition) is 5. The number of pyridine rings is 1. The van der Waals surface area contributed by atoms with Crippen LogP contribution in [0.5, 0.6) is 0 Å². The molecule has 0 aliphatic carbocycles. The van der Waals surface area contributed by atoms with E-state index in [4.69, 9.17) is 4.74 Å². The summed E-state index contributed by atoms with van der Waals surface area (Å²) < 4.78 is 4.96. The van der Waals surface area contributed by atoms with Crippen LogP contribution in [0.2, 0.25) is 0 Å². The highest BCUT2D eigenvalue weighted by molar-refractivity contribution is 8.16. The lowest BCUT2D eigenvalue weighted by atomic mass is 10.1. The molecule has 0 radical (unpaired) electrons. The second-order valence-electron chi connectivity index (χ2n) is 5.53. The van der Waals surface area contributed by atoms with Crippen molar-refractivity contribution in [2.45, 2.75) is 15.4 Å². The fourth-order valence-electron chi connectivity index (χ4n) is 2.37. The maximum atomic E-state index is 11.7. The standard InChI is InChI=1S/C21H19NO2S2/c1-24-20(23)17-10-12-18(13-11-17)21(26-19-9-5-6-14-22-19)25-15-16-7-3-2-4-8-16/h2-14,21H,15H2,1H3. The Hall–Kier alpha value is -2.24. The fourth-order valence-corrected chi connectivity index (χ4v) is 4.81. The Morgan fingerprint density at radius 1 is 1.00 bits per heavy atom. The number of rotatable bonds is 7. The summed E-state index contributed by atoms with van der Waals surface area (Å²) in [6.45, 7) is 0. The minimum Gasteiger partial charge on any atom is -0.465 e. The van der Waals surface area contributed by atoms with Crippen LogP contribution in [0.1, 0.15) is 26.1 Å². The number of aromatic nitrogens is 1. The van der Waals surface area contributed by atoms with Crippen molar-refractivity contribution in [2.75, 3.05) is 7.11 Å². The molecule has 132 valence electrons. The normalized spacial score (nSPS) is 11.7. The monoisotopic (exact) mass is 381 g/mol. The van der Waals surface area contributed by atoms with E-state index < -0.39 is 0 Å². The first-order chi connectivity index (χ1) is 12.8. The Kier molecular flexibility index (Phi) is 6.75. The van der Waals surface area contributed by atoms with E-state index >= 15 is 0 Å². The molecule has 0 spiro atoms. The van der Waals surface area contributed by atoms with Crippen molar-refractivity contribution < 1.29 is 9.53 Å². The summed E-state index contributed by atoms with van der Waals surface area (Å²) in [5.74, 6) is 0.590. The van der Waals surface area contributed by atoms with Crippen LogP contribution in [0.25, 0.3) is 0 Å². The molecule has 0 saturated carbocycles. The number of ether oxygens (including phenoxy) is 1. The lowest BCUT2D eigenvalue weighted by molar-refractivity contribution is 0.0600. The van der Waals surface area contributed by atoms with Crippen molar-refractivity contribution in [3.05, 3.63) is 95.7 Å². The Bertz CT molecular complexity index is 824. The van der Waals surface area contributed by atoms with Crippen LogP contribution in [0.3, 0.4) is 0 Å². The van der Waals surface area contributed by atoms with Gasteiger partial charge in [0.25, 0.3) is 0 Å². The topological polar surface area (TPSA) is 39.2 Å².